The Bertz CT molecular complexity index is 987. The zero-order chi connectivity index (χ0) is 24.0. The first kappa shape index (κ1) is 24.4. The molecule has 0 spiro atoms. The van der Waals surface area contributed by atoms with E-state index in [9.17, 15) is 0 Å². The lowest BCUT2D eigenvalue weighted by atomic mass is 9.91. The third-order valence-corrected chi connectivity index (χ3v) is 13.6. The zero-order valence-electron chi connectivity index (χ0n) is 20.9. The van der Waals surface area contributed by atoms with Gasteiger partial charge in [-0.05, 0) is 73.1 Å². The molecule has 0 N–H and O–H groups in total. The van der Waals surface area contributed by atoms with Crippen molar-refractivity contribution in [2.45, 2.75) is 44.4 Å². The molecule has 2 heteroatoms. The van der Waals surface area contributed by atoms with Gasteiger partial charge in [0.1, 0.15) is 0 Å². The standard InChI is InChI=1S/C33H36P2/c1-26(34(28-16-7-3-8-17-28)29-18-9-4-10-19-29)32-24-15-25-33(32)27(2)35(30-20-11-5-12-21-30)31-22-13-6-14-23-31/h3-14,16-23,26-27,32-33H,15,24-25H2,1-2H3. The van der Waals surface area contributed by atoms with Crippen LogP contribution in [0.25, 0.3) is 0 Å². The second-order valence-corrected chi connectivity index (χ2v) is 15.0. The molecular weight excluding hydrogens is 458 g/mol. The lowest BCUT2D eigenvalue weighted by Gasteiger charge is -2.38. The summed E-state index contributed by atoms with van der Waals surface area (Å²) in [6, 6.07) is 45.3. The fourth-order valence-electron chi connectivity index (χ4n) is 6.19. The minimum atomic E-state index is -0.395. The molecule has 4 aromatic rings. The quantitative estimate of drug-likeness (QED) is 0.223. The van der Waals surface area contributed by atoms with Crippen LogP contribution in [0.4, 0.5) is 0 Å². The highest BCUT2D eigenvalue weighted by Crippen LogP contribution is 2.55. The van der Waals surface area contributed by atoms with E-state index in [2.05, 4.69) is 135 Å². The Labute approximate surface area is 214 Å². The summed E-state index contributed by atoms with van der Waals surface area (Å²) in [5.74, 6) is 1.52. The third-order valence-electron chi connectivity index (χ3n) is 7.82. The van der Waals surface area contributed by atoms with Crippen LogP contribution in [-0.4, -0.2) is 11.3 Å². The topological polar surface area (TPSA) is 0 Å². The predicted molar refractivity (Wildman–Crippen MR) is 158 cm³/mol. The van der Waals surface area contributed by atoms with E-state index in [1.807, 2.05) is 0 Å². The van der Waals surface area contributed by atoms with Crippen LogP contribution in [0.1, 0.15) is 33.1 Å². The van der Waals surface area contributed by atoms with Gasteiger partial charge < -0.3 is 0 Å². The second kappa shape index (κ2) is 11.6. The maximum absolute atomic E-state index is 2.56. The maximum atomic E-state index is 2.56. The minimum Gasteiger partial charge on any atom is -0.0622 e. The summed E-state index contributed by atoms with van der Waals surface area (Å²) in [5.41, 5.74) is 1.32. The van der Waals surface area contributed by atoms with Gasteiger partial charge in [-0.1, -0.05) is 142 Å². The highest BCUT2D eigenvalue weighted by atomic mass is 31.1. The van der Waals surface area contributed by atoms with Crippen LogP contribution in [0.2, 0.25) is 0 Å². The average Bonchev–Trinajstić information content (AvgIpc) is 3.42. The molecule has 0 radical (unpaired) electrons. The largest absolute Gasteiger partial charge is 0.0622 e. The van der Waals surface area contributed by atoms with Crippen LogP contribution in [0, 0.1) is 11.8 Å². The Morgan fingerprint density at radius 3 is 0.971 bits per heavy atom. The van der Waals surface area contributed by atoms with Gasteiger partial charge in [0.05, 0.1) is 0 Å². The summed E-state index contributed by atoms with van der Waals surface area (Å²) in [5, 5.41) is 6.08. The van der Waals surface area contributed by atoms with E-state index in [1.54, 1.807) is 0 Å². The van der Waals surface area contributed by atoms with E-state index in [4.69, 9.17) is 0 Å². The molecule has 0 saturated heterocycles. The average molecular weight is 495 g/mol. The number of benzene rings is 4. The fraction of sp³-hybridized carbons (Fsp3) is 0.273. The smallest absolute Gasteiger partial charge is 0.0126 e. The highest BCUT2D eigenvalue weighted by Gasteiger charge is 2.41. The molecular formula is C33H36P2. The first-order valence-electron chi connectivity index (χ1n) is 13.0. The molecule has 35 heavy (non-hydrogen) atoms. The Morgan fingerprint density at radius 1 is 0.457 bits per heavy atom. The van der Waals surface area contributed by atoms with Crippen LogP contribution in [0.3, 0.4) is 0 Å². The SMILES string of the molecule is CC(C1CCCC1C(C)P(c1ccccc1)c1ccccc1)P(c1ccccc1)c1ccccc1. The van der Waals surface area contributed by atoms with Crippen molar-refractivity contribution in [2.24, 2.45) is 11.8 Å². The van der Waals surface area contributed by atoms with E-state index in [0.717, 1.165) is 11.8 Å². The molecule has 0 aromatic heterocycles. The molecule has 0 bridgehead atoms. The Morgan fingerprint density at radius 2 is 0.714 bits per heavy atom. The van der Waals surface area contributed by atoms with Gasteiger partial charge in [-0.2, -0.15) is 0 Å². The predicted octanol–water partition coefficient (Wildman–Crippen LogP) is 7.45. The molecule has 0 aliphatic heterocycles. The van der Waals surface area contributed by atoms with Crippen molar-refractivity contribution < 1.29 is 0 Å². The Kier molecular flexibility index (Phi) is 8.13. The van der Waals surface area contributed by atoms with Crippen molar-refractivity contribution in [1.29, 1.82) is 0 Å². The first-order chi connectivity index (χ1) is 17.2. The van der Waals surface area contributed by atoms with Crippen LogP contribution in [0.15, 0.2) is 121 Å². The normalized spacial score (nSPS) is 19.7. The number of rotatable bonds is 8. The Balaban J connectivity index is 1.49. The van der Waals surface area contributed by atoms with Crippen molar-refractivity contribution in [3.8, 4) is 0 Å². The van der Waals surface area contributed by atoms with Gasteiger partial charge >= 0.3 is 0 Å². The summed E-state index contributed by atoms with van der Waals surface area (Å²) in [7, 11) is -0.790. The van der Waals surface area contributed by atoms with Crippen molar-refractivity contribution in [2.75, 3.05) is 0 Å². The monoisotopic (exact) mass is 494 g/mol. The van der Waals surface area contributed by atoms with Gasteiger partial charge in [-0.25, -0.2) is 0 Å². The molecule has 1 saturated carbocycles. The van der Waals surface area contributed by atoms with E-state index >= 15 is 0 Å². The highest BCUT2D eigenvalue weighted by molar-refractivity contribution is 7.74. The molecule has 4 aromatic carbocycles. The molecule has 1 aliphatic carbocycles. The molecule has 0 heterocycles. The summed E-state index contributed by atoms with van der Waals surface area (Å²) >= 11 is 0. The summed E-state index contributed by atoms with van der Waals surface area (Å²) in [4.78, 5) is 0. The van der Waals surface area contributed by atoms with Crippen LogP contribution < -0.4 is 21.2 Å². The molecule has 5 rings (SSSR count). The molecule has 4 atom stereocenters. The Hall–Kier alpha value is -2.26. The number of hydrogen-bond donors (Lipinski definition) is 0. The zero-order valence-corrected chi connectivity index (χ0v) is 22.7. The number of hydrogen-bond acceptors (Lipinski definition) is 0. The lowest BCUT2D eigenvalue weighted by molar-refractivity contribution is 0.380. The van der Waals surface area contributed by atoms with Crippen molar-refractivity contribution >= 4 is 37.1 Å². The van der Waals surface area contributed by atoms with Crippen molar-refractivity contribution in [3.05, 3.63) is 121 Å². The molecule has 1 aliphatic rings. The lowest BCUT2D eigenvalue weighted by Crippen LogP contribution is -2.34. The van der Waals surface area contributed by atoms with Gasteiger partial charge in [-0.3, -0.25) is 0 Å². The maximum Gasteiger partial charge on any atom is -0.0126 e. The van der Waals surface area contributed by atoms with E-state index < -0.39 is 15.8 Å². The second-order valence-electron chi connectivity index (χ2n) is 9.82. The summed E-state index contributed by atoms with van der Waals surface area (Å²) < 4.78 is 0. The van der Waals surface area contributed by atoms with E-state index in [1.165, 1.54) is 40.5 Å². The van der Waals surface area contributed by atoms with E-state index in [-0.39, 0.29) is 0 Å². The molecule has 0 nitrogen and oxygen atoms in total. The summed E-state index contributed by atoms with van der Waals surface area (Å²) in [6.45, 7) is 5.13. The van der Waals surface area contributed by atoms with Crippen LogP contribution >= 0.6 is 15.8 Å². The van der Waals surface area contributed by atoms with Gasteiger partial charge in [0, 0.05) is 0 Å². The van der Waals surface area contributed by atoms with Crippen molar-refractivity contribution in [1.82, 2.24) is 0 Å². The van der Waals surface area contributed by atoms with Gasteiger partial charge in [-0.15, -0.1) is 0 Å². The van der Waals surface area contributed by atoms with Crippen molar-refractivity contribution in [3.63, 3.8) is 0 Å². The van der Waals surface area contributed by atoms with Gasteiger partial charge in [0.15, 0.2) is 0 Å². The third kappa shape index (κ3) is 5.45. The molecule has 0 amide bonds. The fourth-order valence-corrected chi connectivity index (χ4v) is 12.1. The van der Waals surface area contributed by atoms with Crippen LogP contribution in [-0.2, 0) is 0 Å². The van der Waals surface area contributed by atoms with E-state index in [0.29, 0.717) is 11.3 Å². The van der Waals surface area contributed by atoms with Gasteiger partial charge in [0.25, 0.3) is 0 Å². The van der Waals surface area contributed by atoms with Crippen LogP contribution in [0.5, 0.6) is 0 Å². The molecule has 178 valence electrons. The first-order valence-corrected chi connectivity index (χ1v) is 15.8. The molecule has 4 unspecified atom stereocenters. The van der Waals surface area contributed by atoms with Gasteiger partial charge in [0.2, 0.25) is 0 Å². The minimum absolute atomic E-state index is 0.395. The molecule has 1 fully saturated rings. The summed E-state index contributed by atoms with van der Waals surface area (Å²) in [6.07, 6.45) is 4.09.